The highest BCUT2D eigenvalue weighted by molar-refractivity contribution is 5.78. The molecule has 3 nitrogen and oxygen atoms in total. The lowest BCUT2D eigenvalue weighted by atomic mass is 10.1. The Morgan fingerprint density at radius 3 is 2.40 bits per heavy atom. The number of hydrogen-bond acceptors (Lipinski definition) is 2. The molecule has 3 N–H and O–H groups in total. The minimum atomic E-state index is -4.51. The van der Waals surface area contributed by atoms with Gasteiger partial charge in [0.15, 0.2) is 0 Å². The third-order valence-corrected chi connectivity index (χ3v) is 2.46. The fourth-order valence-corrected chi connectivity index (χ4v) is 1.41. The molecular formula is C12H13F5N2O. The molecule has 0 fully saturated rings. The molecular weight excluding hydrogens is 283 g/mol. The number of halogens is 5. The highest BCUT2D eigenvalue weighted by Gasteiger charge is 2.30. The van der Waals surface area contributed by atoms with Crippen LogP contribution in [0.4, 0.5) is 22.0 Å². The van der Waals surface area contributed by atoms with E-state index in [4.69, 9.17) is 5.73 Å². The molecule has 0 radical (unpaired) electrons. The minimum Gasteiger partial charge on any atom is -0.350 e. The first-order chi connectivity index (χ1) is 9.14. The molecule has 0 unspecified atom stereocenters. The lowest BCUT2D eigenvalue weighted by molar-refractivity contribution is -0.137. The van der Waals surface area contributed by atoms with E-state index >= 15 is 0 Å². The van der Waals surface area contributed by atoms with Gasteiger partial charge in [-0.2, -0.15) is 13.2 Å². The van der Waals surface area contributed by atoms with Crippen molar-refractivity contribution in [3.8, 4) is 0 Å². The molecule has 1 aromatic carbocycles. The van der Waals surface area contributed by atoms with Gasteiger partial charge in [0, 0.05) is 0 Å². The zero-order valence-corrected chi connectivity index (χ0v) is 10.3. The van der Waals surface area contributed by atoms with Crippen LogP contribution < -0.4 is 11.1 Å². The normalized spacial score (nSPS) is 12.3. The number of benzene rings is 1. The molecule has 112 valence electrons. The first-order valence-electron chi connectivity index (χ1n) is 5.65. The predicted molar refractivity (Wildman–Crippen MR) is 62.2 cm³/mol. The van der Waals surface area contributed by atoms with E-state index in [1.807, 2.05) is 5.32 Å². The molecule has 1 rings (SSSR count). The predicted octanol–water partition coefficient (Wildman–Crippen LogP) is 1.96. The Kier molecular flexibility index (Phi) is 5.04. The molecule has 1 aromatic rings. The molecule has 0 aliphatic carbocycles. The summed E-state index contributed by atoms with van der Waals surface area (Å²) in [6.45, 7) is -1.86. The molecule has 0 aromatic heterocycles. The lowest BCUT2D eigenvalue weighted by Gasteiger charge is -2.14. The second kappa shape index (κ2) is 6.17. The van der Waals surface area contributed by atoms with Crippen LogP contribution in [0.1, 0.15) is 11.1 Å². The van der Waals surface area contributed by atoms with Gasteiger partial charge in [-0.15, -0.1) is 0 Å². The van der Waals surface area contributed by atoms with Gasteiger partial charge in [-0.3, -0.25) is 4.79 Å². The van der Waals surface area contributed by atoms with Crippen molar-refractivity contribution in [1.29, 1.82) is 0 Å². The maximum Gasteiger partial charge on any atom is 0.416 e. The molecule has 8 heteroatoms. The van der Waals surface area contributed by atoms with Crippen molar-refractivity contribution in [2.45, 2.75) is 18.5 Å². The molecule has 0 aliphatic heterocycles. The summed E-state index contributed by atoms with van der Waals surface area (Å²) in [5.74, 6) is -4.03. The third kappa shape index (κ3) is 5.12. The van der Waals surface area contributed by atoms with E-state index in [-0.39, 0.29) is 5.56 Å². The first kappa shape index (κ1) is 16.4. The van der Waals surface area contributed by atoms with Crippen molar-refractivity contribution >= 4 is 5.91 Å². The van der Waals surface area contributed by atoms with Crippen LogP contribution >= 0.6 is 0 Å². The summed E-state index contributed by atoms with van der Waals surface area (Å²) in [6.07, 6.45) is -4.93. The van der Waals surface area contributed by atoms with Gasteiger partial charge < -0.3 is 11.1 Å². The molecule has 0 spiro atoms. The van der Waals surface area contributed by atoms with Crippen molar-refractivity contribution < 1.29 is 26.7 Å². The summed E-state index contributed by atoms with van der Waals surface area (Å²) in [7, 11) is 0. The van der Waals surface area contributed by atoms with Gasteiger partial charge >= 0.3 is 6.18 Å². The lowest BCUT2D eigenvalue weighted by Crippen LogP contribution is -2.42. The van der Waals surface area contributed by atoms with Crippen LogP contribution in [0.2, 0.25) is 0 Å². The van der Waals surface area contributed by atoms with E-state index in [1.165, 1.54) is 6.07 Å². The van der Waals surface area contributed by atoms with Gasteiger partial charge in [-0.1, -0.05) is 18.2 Å². The topological polar surface area (TPSA) is 55.1 Å². The van der Waals surface area contributed by atoms with Gasteiger partial charge in [0.2, 0.25) is 5.91 Å². The third-order valence-electron chi connectivity index (χ3n) is 2.46. The van der Waals surface area contributed by atoms with Crippen LogP contribution in [0, 0.1) is 0 Å². The number of carbonyl (C=O) groups is 1. The van der Waals surface area contributed by atoms with Crippen LogP contribution in [0.5, 0.6) is 0 Å². The Morgan fingerprint density at radius 2 is 1.85 bits per heavy atom. The molecule has 0 atom stereocenters. The number of alkyl halides is 5. The van der Waals surface area contributed by atoms with Crippen LogP contribution in [0.15, 0.2) is 24.3 Å². The summed E-state index contributed by atoms with van der Waals surface area (Å²) in [5.41, 5.74) is 3.98. The molecule has 1 amide bonds. The van der Waals surface area contributed by atoms with Gasteiger partial charge in [0.25, 0.3) is 5.92 Å². The standard InChI is InChI=1S/C12H13F5N2O/c13-11(14,6-18)7-19-10(20)5-8-2-1-3-9(4-8)12(15,16)17/h1-4H,5-7,18H2,(H,19,20). The van der Waals surface area contributed by atoms with E-state index in [0.29, 0.717) is 0 Å². The maximum atomic E-state index is 12.8. The average molecular weight is 296 g/mol. The first-order valence-corrected chi connectivity index (χ1v) is 5.65. The molecule has 0 saturated carbocycles. The molecule has 0 saturated heterocycles. The fourth-order valence-electron chi connectivity index (χ4n) is 1.41. The number of hydrogen-bond donors (Lipinski definition) is 2. The number of amides is 1. The van der Waals surface area contributed by atoms with Crippen LogP contribution in [-0.2, 0) is 17.4 Å². The smallest absolute Gasteiger partial charge is 0.350 e. The van der Waals surface area contributed by atoms with Crippen molar-refractivity contribution in [2.24, 2.45) is 5.73 Å². The number of carbonyl (C=O) groups excluding carboxylic acids is 1. The van der Waals surface area contributed by atoms with Crippen molar-refractivity contribution in [2.75, 3.05) is 13.1 Å². The summed E-state index contributed by atoms with van der Waals surface area (Å²) in [6, 6.07) is 4.14. The largest absolute Gasteiger partial charge is 0.416 e. The summed E-state index contributed by atoms with van der Waals surface area (Å²) in [5, 5.41) is 1.93. The Morgan fingerprint density at radius 1 is 1.20 bits per heavy atom. The Balaban J connectivity index is 2.63. The van der Waals surface area contributed by atoms with E-state index in [9.17, 15) is 26.7 Å². The van der Waals surface area contributed by atoms with E-state index in [2.05, 4.69) is 0 Å². The monoisotopic (exact) mass is 296 g/mol. The van der Waals surface area contributed by atoms with Crippen LogP contribution in [-0.4, -0.2) is 24.9 Å². The average Bonchev–Trinajstić information content (AvgIpc) is 2.36. The Labute approximate surface area is 112 Å². The van der Waals surface area contributed by atoms with Crippen LogP contribution in [0.3, 0.4) is 0 Å². The van der Waals surface area contributed by atoms with E-state index in [0.717, 1.165) is 18.2 Å². The summed E-state index contributed by atoms with van der Waals surface area (Å²) < 4.78 is 62.9. The number of rotatable bonds is 5. The summed E-state index contributed by atoms with van der Waals surface area (Å²) in [4.78, 5) is 11.4. The van der Waals surface area contributed by atoms with Crippen molar-refractivity contribution in [3.05, 3.63) is 35.4 Å². The second-order valence-electron chi connectivity index (χ2n) is 4.21. The van der Waals surface area contributed by atoms with Gasteiger partial charge in [0.1, 0.15) is 0 Å². The maximum absolute atomic E-state index is 12.8. The quantitative estimate of drug-likeness (QED) is 0.816. The molecule has 0 heterocycles. The van der Waals surface area contributed by atoms with Crippen molar-refractivity contribution in [3.63, 3.8) is 0 Å². The number of nitrogens with one attached hydrogen (secondary N) is 1. The summed E-state index contributed by atoms with van der Waals surface area (Å²) >= 11 is 0. The minimum absolute atomic E-state index is 0.0911. The van der Waals surface area contributed by atoms with Crippen LogP contribution in [0.25, 0.3) is 0 Å². The van der Waals surface area contributed by atoms with Crippen molar-refractivity contribution in [1.82, 2.24) is 5.32 Å². The van der Waals surface area contributed by atoms with Gasteiger partial charge in [-0.05, 0) is 11.6 Å². The molecule has 0 bridgehead atoms. The zero-order chi connectivity index (χ0) is 15.4. The van der Waals surface area contributed by atoms with Gasteiger partial charge in [0.05, 0.1) is 25.1 Å². The Hall–Kier alpha value is -1.70. The second-order valence-corrected chi connectivity index (χ2v) is 4.21. The zero-order valence-electron chi connectivity index (χ0n) is 10.3. The number of nitrogens with two attached hydrogens (primary N) is 1. The fraction of sp³-hybridized carbons (Fsp3) is 0.417. The molecule has 20 heavy (non-hydrogen) atoms. The van der Waals surface area contributed by atoms with E-state index in [1.54, 1.807) is 0 Å². The van der Waals surface area contributed by atoms with Gasteiger partial charge in [-0.25, -0.2) is 8.78 Å². The molecule has 0 aliphatic rings. The highest BCUT2D eigenvalue weighted by Crippen LogP contribution is 2.29. The van der Waals surface area contributed by atoms with E-state index < -0.39 is 43.1 Å². The Bertz CT molecular complexity index is 473. The SMILES string of the molecule is NCC(F)(F)CNC(=O)Cc1cccc(C(F)(F)F)c1. The highest BCUT2D eigenvalue weighted by atomic mass is 19.4.